The van der Waals surface area contributed by atoms with E-state index in [1.165, 1.54) is 6.42 Å². The Kier molecular flexibility index (Phi) is 5.60. The lowest BCUT2D eigenvalue weighted by Crippen LogP contribution is -2.49. The number of hydrogen-bond acceptors (Lipinski definition) is 2. The van der Waals surface area contributed by atoms with Gasteiger partial charge in [0.2, 0.25) is 0 Å². The van der Waals surface area contributed by atoms with Gasteiger partial charge in [0.25, 0.3) is 5.91 Å². The summed E-state index contributed by atoms with van der Waals surface area (Å²) in [6.45, 7) is 3.72. The maximum absolute atomic E-state index is 13.1. The molecule has 2 aliphatic rings. The van der Waals surface area contributed by atoms with Gasteiger partial charge in [-0.05, 0) is 49.4 Å². The van der Waals surface area contributed by atoms with Crippen molar-refractivity contribution < 1.29 is 9.59 Å². The Bertz CT molecular complexity index is 831. The molecule has 5 nitrogen and oxygen atoms in total. The molecule has 0 spiro atoms. The van der Waals surface area contributed by atoms with E-state index in [-0.39, 0.29) is 11.9 Å². The molecule has 0 saturated carbocycles. The molecule has 0 atom stereocenters. The third-order valence-electron chi connectivity index (χ3n) is 5.58. The summed E-state index contributed by atoms with van der Waals surface area (Å²) in [6, 6.07) is 17.6. The Morgan fingerprint density at radius 1 is 0.821 bits per heavy atom. The fraction of sp³-hybridized carbons (Fsp3) is 0.391. The van der Waals surface area contributed by atoms with Crippen molar-refractivity contribution in [1.29, 1.82) is 0 Å². The number of anilines is 1. The van der Waals surface area contributed by atoms with Gasteiger partial charge < -0.3 is 9.80 Å². The van der Waals surface area contributed by atoms with Crippen LogP contribution in [0.2, 0.25) is 0 Å². The van der Waals surface area contributed by atoms with Gasteiger partial charge >= 0.3 is 6.03 Å². The van der Waals surface area contributed by atoms with Crippen molar-refractivity contribution in [1.82, 2.24) is 9.80 Å². The molecule has 0 aromatic heterocycles. The SMILES string of the molecule is O=C(c1cccc(N2CCCN(Cc3ccccc3)C2=O)c1)N1CCCCC1. The minimum absolute atomic E-state index is 0.0117. The maximum Gasteiger partial charge on any atom is 0.324 e. The molecule has 4 rings (SSSR count). The first-order valence-corrected chi connectivity index (χ1v) is 10.2. The van der Waals surface area contributed by atoms with Crippen LogP contribution in [0.4, 0.5) is 10.5 Å². The summed E-state index contributed by atoms with van der Waals surface area (Å²) in [5.41, 5.74) is 2.62. The normalized spacial score (nSPS) is 17.7. The Balaban J connectivity index is 1.50. The third kappa shape index (κ3) is 4.03. The third-order valence-corrected chi connectivity index (χ3v) is 5.58. The maximum atomic E-state index is 13.1. The van der Waals surface area contributed by atoms with Crippen LogP contribution in [-0.4, -0.2) is 47.9 Å². The summed E-state index contributed by atoms with van der Waals surface area (Å²) in [6.07, 6.45) is 4.27. The number of carbonyl (C=O) groups is 2. The quantitative estimate of drug-likeness (QED) is 0.804. The predicted molar refractivity (Wildman–Crippen MR) is 110 cm³/mol. The van der Waals surface area contributed by atoms with E-state index in [0.717, 1.165) is 50.1 Å². The lowest BCUT2D eigenvalue weighted by Gasteiger charge is -2.36. The minimum atomic E-state index is 0.0117. The van der Waals surface area contributed by atoms with Crippen molar-refractivity contribution in [3.8, 4) is 0 Å². The number of hydrogen-bond donors (Lipinski definition) is 0. The number of benzene rings is 2. The number of amides is 3. The van der Waals surface area contributed by atoms with E-state index >= 15 is 0 Å². The number of likely N-dealkylation sites (tertiary alicyclic amines) is 1. The fourth-order valence-electron chi connectivity index (χ4n) is 4.06. The van der Waals surface area contributed by atoms with Gasteiger partial charge in [0.1, 0.15) is 0 Å². The second kappa shape index (κ2) is 8.46. The Labute approximate surface area is 166 Å². The molecule has 5 heteroatoms. The van der Waals surface area contributed by atoms with Gasteiger partial charge in [-0.25, -0.2) is 4.79 Å². The average molecular weight is 377 g/mol. The number of piperidine rings is 1. The van der Waals surface area contributed by atoms with Crippen LogP contribution in [0.1, 0.15) is 41.6 Å². The van der Waals surface area contributed by atoms with Gasteiger partial charge in [-0.1, -0.05) is 36.4 Å². The standard InChI is InChI=1S/C23H27N3O2/c27-22(24-13-5-2-6-14-24)20-11-7-12-21(17-20)26-16-8-15-25(23(26)28)18-19-9-3-1-4-10-19/h1,3-4,7,9-12,17H,2,5-6,8,13-16,18H2. The highest BCUT2D eigenvalue weighted by molar-refractivity contribution is 5.98. The van der Waals surface area contributed by atoms with Crippen LogP contribution >= 0.6 is 0 Å². The molecule has 0 N–H and O–H groups in total. The minimum Gasteiger partial charge on any atom is -0.339 e. The van der Waals surface area contributed by atoms with E-state index in [4.69, 9.17) is 0 Å². The zero-order chi connectivity index (χ0) is 19.3. The first-order chi connectivity index (χ1) is 13.7. The highest BCUT2D eigenvalue weighted by Gasteiger charge is 2.27. The van der Waals surface area contributed by atoms with E-state index in [9.17, 15) is 9.59 Å². The lowest BCUT2D eigenvalue weighted by molar-refractivity contribution is 0.0724. The topological polar surface area (TPSA) is 43.9 Å². The van der Waals surface area contributed by atoms with Crippen LogP contribution in [-0.2, 0) is 6.54 Å². The number of rotatable bonds is 4. The molecule has 0 radical (unpaired) electrons. The molecule has 2 aromatic rings. The molecule has 2 aliphatic heterocycles. The van der Waals surface area contributed by atoms with Gasteiger partial charge in [0.15, 0.2) is 0 Å². The molecular formula is C23H27N3O2. The van der Waals surface area contributed by atoms with Crippen molar-refractivity contribution in [2.75, 3.05) is 31.1 Å². The smallest absolute Gasteiger partial charge is 0.324 e. The van der Waals surface area contributed by atoms with Gasteiger partial charge in [-0.2, -0.15) is 0 Å². The lowest BCUT2D eigenvalue weighted by atomic mass is 10.1. The van der Waals surface area contributed by atoms with Crippen molar-refractivity contribution in [2.45, 2.75) is 32.2 Å². The molecule has 0 unspecified atom stereocenters. The Morgan fingerprint density at radius 3 is 2.39 bits per heavy atom. The predicted octanol–water partition coefficient (Wildman–Crippen LogP) is 4.15. The summed E-state index contributed by atoms with van der Waals surface area (Å²) in [4.78, 5) is 31.5. The fourth-order valence-corrected chi connectivity index (χ4v) is 4.06. The van der Waals surface area contributed by atoms with E-state index in [2.05, 4.69) is 0 Å². The first kappa shape index (κ1) is 18.5. The zero-order valence-corrected chi connectivity index (χ0v) is 16.2. The van der Waals surface area contributed by atoms with Crippen LogP contribution in [0.15, 0.2) is 54.6 Å². The monoisotopic (exact) mass is 377 g/mol. The molecule has 3 amide bonds. The summed E-state index contributed by atoms with van der Waals surface area (Å²) in [5, 5.41) is 0. The number of carbonyl (C=O) groups excluding carboxylic acids is 2. The first-order valence-electron chi connectivity index (χ1n) is 10.2. The molecule has 0 aliphatic carbocycles. The zero-order valence-electron chi connectivity index (χ0n) is 16.2. The van der Waals surface area contributed by atoms with Gasteiger partial charge in [-0.3, -0.25) is 9.69 Å². The van der Waals surface area contributed by atoms with Gasteiger partial charge in [0.05, 0.1) is 0 Å². The highest BCUT2D eigenvalue weighted by Crippen LogP contribution is 2.24. The Morgan fingerprint density at radius 2 is 1.61 bits per heavy atom. The van der Waals surface area contributed by atoms with Gasteiger partial charge in [0, 0.05) is 44.0 Å². The summed E-state index contributed by atoms with van der Waals surface area (Å²) in [7, 11) is 0. The van der Waals surface area contributed by atoms with Crippen LogP contribution in [0.25, 0.3) is 0 Å². The molecule has 0 bridgehead atoms. The average Bonchev–Trinajstić information content (AvgIpc) is 2.76. The van der Waals surface area contributed by atoms with Crippen LogP contribution < -0.4 is 4.90 Å². The van der Waals surface area contributed by atoms with E-state index < -0.39 is 0 Å². The molecular weight excluding hydrogens is 350 g/mol. The second-order valence-corrected chi connectivity index (χ2v) is 7.60. The van der Waals surface area contributed by atoms with E-state index in [1.54, 1.807) is 4.90 Å². The van der Waals surface area contributed by atoms with Crippen LogP contribution in [0.3, 0.4) is 0 Å². The van der Waals surface area contributed by atoms with Crippen molar-refractivity contribution in [2.24, 2.45) is 0 Å². The Hall–Kier alpha value is -2.82. The molecule has 28 heavy (non-hydrogen) atoms. The van der Waals surface area contributed by atoms with E-state index in [1.807, 2.05) is 64.4 Å². The molecule has 146 valence electrons. The molecule has 2 heterocycles. The number of urea groups is 1. The number of nitrogens with zero attached hydrogens (tertiary/aromatic N) is 3. The van der Waals surface area contributed by atoms with Crippen LogP contribution in [0, 0.1) is 0 Å². The van der Waals surface area contributed by atoms with Crippen molar-refractivity contribution in [3.05, 3.63) is 65.7 Å². The van der Waals surface area contributed by atoms with Crippen molar-refractivity contribution in [3.63, 3.8) is 0 Å². The second-order valence-electron chi connectivity index (χ2n) is 7.60. The summed E-state index contributed by atoms with van der Waals surface area (Å²) < 4.78 is 0. The molecule has 2 aromatic carbocycles. The van der Waals surface area contributed by atoms with Crippen molar-refractivity contribution >= 4 is 17.6 Å². The van der Waals surface area contributed by atoms with Crippen LogP contribution in [0.5, 0.6) is 0 Å². The largest absolute Gasteiger partial charge is 0.339 e. The molecule has 2 saturated heterocycles. The van der Waals surface area contributed by atoms with Gasteiger partial charge in [-0.15, -0.1) is 0 Å². The molecule has 2 fully saturated rings. The highest BCUT2D eigenvalue weighted by atomic mass is 16.2. The summed E-state index contributed by atoms with van der Waals surface area (Å²) in [5.74, 6) is 0.0761. The van der Waals surface area contributed by atoms with E-state index in [0.29, 0.717) is 18.7 Å². The summed E-state index contributed by atoms with van der Waals surface area (Å²) >= 11 is 0.